The molecule has 1 aromatic carbocycles. The van der Waals surface area contributed by atoms with E-state index in [0.717, 1.165) is 5.56 Å². The summed E-state index contributed by atoms with van der Waals surface area (Å²) in [6, 6.07) is 9.44. The maximum Gasteiger partial charge on any atom is 0.129 e. The molecule has 0 aromatic heterocycles. The predicted octanol–water partition coefficient (Wildman–Crippen LogP) is -0.0594. The topological polar surface area (TPSA) is 79.2 Å². The smallest absolute Gasteiger partial charge is 0.129 e. The molecular weight excluding hydrogens is 268 g/mol. The highest BCUT2D eigenvalue weighted by Gasteiger charge is 2.43. The van der Waals surface area contributed by atoms with E-state index in [-0.39, 0.29) is 13.2 Å². The second-order valence-electron chi connectivity index (χ2n) is 4.49. The number of rotatable bonds is 4. The molecule has 1 fully saturated rings. The van der Waals surface area contributed by atoms with Gasteiger partial charge in [0.2, 0.25) is 0 Å². The fourth-order valence-corrected chi connectivity index (χ4v) is 2.36. The van der Waals surface area contributed by atoms with Crippen LogP contribution in [-0.2, 0) is 16.1 Å². The van der Waals surface area contributed by atoms with Crippen LogP contribution >= 0.6 is 12.6 Å². The van der Waals surface area contributed by atoms with Gasteiger partial charge in [-0.1, -0.05) is 30.3 Å². The third kappa shape index (κ3) is 3.47. The molecule has 19 heavy (non-hydrogen) atoms. The average Bonchev–Trinajstić information content (AvgIpc) is 2.44. The van der Waals surface area contributed by atoms with Gasteiger partial charge in [-0.05, 0) is 5.56 Å². The van der Waals surface area contributed by atoms with Crippen LogP contribution in [0, 0.1) is 0 Å². The van der Waals surface area contributed by atoms with Gasteiger partial charge in [-0.2, -0.15) is 0 Å². The first-order valence-electron chi connectivity index (χ1n) is 6.09. The Bertz CT molecular complexity index is 388. The van der Waals surface area contributed by atoms with Crippen LogP contribution < -0.4 is 0 Å². The van der Waals surface area contributed by atoms with Crippen molar-refractivity contribution in [3.63, 3.8) is 0 Å². The molecule has 0 bridgehead atoms. The van der Waals surface area contributed by atoms with Crippen molar-refractivity contribution in [2.75, 3.05) is 6.61 Å². The first-order valence-corrected chi connectivity index (χ1v) is 6.61. The Labute approximate surface area is 117 Å². The van der Waals surface area contributed by atoms with Gasteiger partial charge in [-0.25, -0.2) is 0 Å². The first kappa shape index (κ1) is 14.8. The van der Waals surface area contributed by atoms with Crippen LogP contribution in [0.3, 0.4) is 0 Å². The molecule has 0 unspecified atom stereocenters. The lowest BCUT2D eigenvalue weighted by Gasteiger charge is -2.40. The van der Waals surface area contributed by atoms with Gasteiger partial charge in [0, 0.05) is 0 Å². The van der Waals surface area contributed by atoms with Gasteiger partial charge in [0.05, 0.1) is 13.2 Å². The van der Waals surface area contributed by atoms with E-state index in [0.29, 0.717) is 0 Å². The van der Waals surface area contributed by atoms with Crippen molar-refractivity contribution >= 4 is 12.6 Å². The van der Waals surface area contributed by atoms with E-state index in [1.807, 2.05) is 30.3 Å². The Hall–Kier alpha value is -0.630. The standard InChI is InChI=1S/C13H18O5S/c14-6-9-10(15)12(11(16)13(19)18-9)17-7-8-4-2-1-3-5-8/h1-5,9-16,19H,6-7H2/t9-,10-,11-,12+,13-/m1/s1. The number of hydrogen-bond acceptors (Lipinski definition) is 6. The molecule has 5 atom stereocenters. The third-order valence-corrected chi connectivity index (χ3v) is 3.55. The number of ether oxygens (including phenoxy) is 2. The van der Waals surface area contributed by atoms with E-state index in [2.05, 4.69) is 12.6 Å². The fraction of sp³-hybridized carbons (Fsp3) is 0.538. The minimum atomic E-state index is -1.09. The Balaban J connectivity index is 2.00. The Morgan fingerprint density at radius 2 is 1.84 bits per heavy atom. The van der Waals surface area contributed by atoms with Crippen LogP contribution in [0.5, 0.6) is 0 Å². The van der Waals surface area contributed by atoms with E-state index in [1.54, 1.807) is 0 Å². The summed E-state index contributed by atoms with van der Waals surface area (Å²) in [5, 5.41) is 29.0. The van der Waals surface area contributed by atoms with Gasteiger partial charge >= 0.3 is 0 Å². The molecule has 1 saturated heterocycles. The summed E-state index contributed by atoms with van der Waals surface area (Å²) in [6.45, 7) is -0.0889. The quantitative estimate of drug-likeness (QED) is 0.583. The van der Waals surface area contributed by atoms with Crippen molar-refractivity contribution in [1.82, 2.24) is 0 Å². The predicted molar refractivity (Wildman–Crippen MR) is 71.8 cm³/mol. The van der Waals surface area contributed by atoms with Crippen molar-refractivity contribution in [1.29, 1.82) is 0 Å². The van der Waals surface area contributed by atoms with Gasteiger partial charge in [0.25, 0.3) is 0 Å². The zero-order valence-corrected chi connectivity index (χ0v) is 11.2. The summed E-state index contributed by atoms with van der Waals surface area (Å²) < 4.78 is 10.7. The zero-order valence-electron chi connectivity index (χ0n) is 10.3. The van der Waals surface area contributed by atoms with Crippen molar-refractivity contribution in [2.24, 2.45) is 0 Å². The summed E-state index contributed by atoms with van der Waals surface area (Å²) in [7, 11) is 0. The molecule has 0 aliphatic carbocycles. The Morgan fingerprint density at radius 3 is 2.47 bits per heavy atom. The van der Waals surface area contributed by atoms with Crippen molar-refractivity contribution in [3.05, 3.63) is 35.9 Å². The minimum absolute atomic E-state index is 0.262. The summed E-state index contributed by atoms with van der Waals surface area (Å²) in [5.74, 6) is 0. The molecule has 6 heteroatoms. The lowest BCUT2D eigenvalue weighted by atomic mass is 10.00. The molecule has 1 aromatic rings. The summed E-state index contributed by atoms with van der Waals surface area (Å²) in [4.78, 5) is 0. The molecule has 0 radical (unpaired) electrons. The van der Waals surface area contributed by atoms with Gasteiger partial charge in [0.1, 0.15) is 29.9 Å². The number of aliphatic hydroxyl groups excluding tert-OH is 3. The van der Waals surface area contributed by atoms with Crippen molar-refractivity contribution in [2.45, 2.75) is 36.5 Å². The number of hydrogen-bond donors (Lipinski definition) is 4. The van der Waals surface area contributed by atoms with E-state index < -0.39 is 29.9 Å². The van der Waals surface area contributed by atoms with Crippen LogP contribution in [0.15, 0.2) is 30.3 Å². The maximum atomic E-state index is 9.99. The zero-order chi connectivity index (χ0) is 13.8. The molecule has 1 heterocycles. The fourth-order valence-electron chi connectivity index (χ4n) is 2.03. The van der Waals surface area contributed by atoms with Crippen LogP contribution in [0.25, 0.3) is 0 Å². The van der Waals surface area contributed by atoms with E-state index >= 15 is 0 Å². The second-order valence-corrected chi connectivity index (χ2v) is 5.00. The summed E-state index contributed by atoms with van der Waals surface area (Å²) in [5.41, 5.74) is 0.144. The van der Waals surface area contributed by atoms with E-state index in [4.69, 9.17) is 14.6 Å². The van der Waals surface area contributed by atoms with Gasteiger partial charge in [-0.15, -0.1) is 12.6 Å². The Kier molecular flexibility index (Phi) is 5.20. The minimum Gasteiger partial charge on any atom is -0.394 e. The molecule has 2 rings (SSSR count). The Morgan fingerprint density at radius 1 is 1.16 bits per heavy atom. The molecular formula is C13H18O5S. The van der Waals surface area contributed by atoms with E-state index in [9.17, 15) is 10.2 Å². The molecule has 0 amide bonds. The average molecular weight is 286 g/mol. The highest BCUT2D eigenvalue weighted by Crippen LogP contribution is 2.26. The lowest BCUT2D eigenvalue weighted by molar-refractivity contribution is -0.222. The molecule has 0 spiro atoms. The summed E-state index contributed by atoms with van der Waals surface area (Å²) >= 11 is 4.08. The lowest BCUT2D eigenvalue weighted by Crippen LogP contribution is -2.57. The molecule has 0 saturated carbocycles. The third-order valence-electron chi connectivity index (χ3n) is 3.13. The highest BCUT2D eigenvalue weighted by atomic mass is 32.1. The normalized spacial score (nSPS) is 35.3. The first-order chi connectivity index (χ1) is 9.13. The molecule has 5 nitrogen and oxygen atoms in total. The second kappa shape index (κ2) is 6.69. The van der Waals surface area contributed by atoms with Crippen LogP contribution in [-0.4, -0.2) is 51.8 Å². The van der Waals surface area contributed by atoms with Crippen LogP contribution in [0.1, 0.15) is 5.56 Å². The van der Waals surface area contributed by atoms with E-state index in [1.165, 1.54) is 0 Å². The molecule has 1 aliphatic heterocycles. The van der Waals surface area contributed by atoms with Crippen LogP contribution in [0.2, 0.25) is 0 Å². The maximum absolute atomic E-state index is 9.99. The van der Waals surface area contributed by atoms with Crippen LogP contribution in [0.4, 0.5) is 0 Å². The number of thiol groups is 1. The molecule has 106 valence electrons. The SMILES string of the molecule is OC[C@H]1O[C@H](S)[C@H](O)[C@@H](OCc2ccccc2)[C@@H]1O. The highest BCUT2D eigenvalue weighted by molar-refractivity contribution is 7.80. The monoisotopic (exact) mass is 286 g/mol. The van der Waals surface area contributed by atoms with Gasteiger partial charge in [0.15, 0.2) is 0 Å². The van der Waals surface area contributed by atoms with Crippen molar-refractivity contribution in [3.8, 4) is 0 Å². The van der Waals surface area contributed by atoms with Gasteiger partial charge in [-0.3, -0.25) is 0 Å². The molecule has 3 N–H and O–H groups in total. The number of aliphatic hydroxyl groups is 3. The van der Waals surface area contributed by atoms with Gasteiger partial charge < -0.3 is 24.8 Å². The number of benzene rings is 1. The summed E-state index contributed by atoms with van der Waals surface area (Å²) in [6.07, 6.45) is -3.78. The largest absolute Gasteiger partial charge is 0.394 e. The van der Waals surface area contributed by atoms with Crippen molar-refractivity contribution < 1.29 is 24.8 Å². The molecule has 1 aliphatic rings.